The molecule has 16 heavy (non-hydrogen) atoms. The van der Waals surface area contributed by atoms with Gasteiger partial charge in [-0.05, 0) is 42.5 Å². The molecule has 2 aromatic rings. The monoisotopic (exact) mass is 219 g/mol. The van der Waals surface area contributed by atoms with Crippen LogP contribution in [-0.4, -0.2) is 17.3 Å². The van der Waals surface area contributed by atoms with Crippen LogP contribution in [0.5, 0.6) is 0 Å². The Morgan fingerprint density at radius 1 is 1.38 bits per heavy atom. The molecule has 0 radical (unpaired) electrons. The van der Waals surface area contributed by atoms with Crippen LogP contribution in [0.15, 0.2) is 30.5 Å². The third kappa shape index (κ3) is 1.71. The van der Waals surface area contributed by atoms with Gasteiger partial charge in [0.2, 0.25) is 0 Å². The van der Waals surface area contributed by atoms with E-state index in [-0.39, 0.29) is 5.82 Å². The quantitative estimate of drug-likeness (QED) is 0.757. The van der Waals surface area contributed by atoms with Gasteiger partial charge in [0, 0.05) is 19.3 Å². The molecule has 0 saturated carbocycles. The van der Waals surface area contributed by atoms with E-state index in [1.165, 1.54) is 6.07 Å². The number of hydrogen-bond donors (Lipinski definition) is 0. The lowest BCUT2D eigenvalue weighted by molar-refractivity contribution is 0.0980. The normalized spacial score (nSPS) is 20.7. The average Bonchev–Trinajstić information content (AvgIpc) is 2.90. The van der Waals surface area contributed by atoms with Crippen LogP contribution in [0.1, 0.15) is 12.8 Å². The zero-order chi connectivity index (χ0) is 11.0. The fourth-order valence-corrected chi connectivity index (χ4v) is 2.32. The van der Waals surface area contributed by atoms with Gasteiger partial charge in [-0.1, -0.05) is 0 Å². The number of benzene rings is 1. The Morgan fingerprint density at radius 2 is 2.31 bits per heavy atom. The summed E-state index contributed by atoms with van der Waals surface area (Å²) < 4.78 is 20.8. The summed E-state index contributed by atoms with van der Waals surface area (Å²) in [4.78, 5) is 0. The second-order valence-corrected chi connectivity index (χ2v) is 4.31. The lowest BCUT2D eigenvalue weighted by atomic mass is 10.2. The van der Waals surface area contributed by atoms with Gasteiger partial charge < -0.3 is 9.30 Å². The number of halogens is 1. The maximum atomic E-state index is 13.2. The first-order valence-corrected chi connectivity index (χ1v) is 5.69. The van der Waals surface area contributed by atoms with Gasteiger partial charge in [-0.25, -0.2) is 4.39 Å². The maximum Gasteiger partial charge on any atom is 0.125 e. The fourth-order valence-electron chi connectivity index (χ4n) is 2.32. The molecule has 1 aliphatic rings. The average molecular weight is 219 g/mol. The van der Waals surface area contributed by atoms with Crippen molar-refractivity contribution in [2.45, 2.75) is 25.5 Å². The third-order valence-electron chi connectivity index (χ3n) is 3.16. The molecule has 1 unspecified atom stereocenters. The molecule has 0 spiro atoms. The molecule has 1 aliphatic heterocycles. The number of ether oxygens (including phenoxy) is 1. The van der Waals surface area contributed by atoms with E-state index in [4.69, 9.17) is 4.74 Å². The summed E-state index contributed by atoms with van der Waals surface area (Å²) in [7, 11) is 0. The number of nitrogens with zero attached hydrogens (tertiary/aromatic N) is 1. The van der Waals surface area contributed by atoms with Crippen LogP contribution in [0, 0.1) is 5.82 Å². The summed E-state index contributed by atoms with van der Waals surface area (Å²) in [6, 6.07) is 6.92. The lowest BCUT2D eigenvalue weighted by Gasteiger charge is -2.11. The second-order valence-electron chi connectivity index (χ2n) is 4.31. The molecule has 1 saturated heterocycles. The number of fused-ring (bicyclic) bond motifs is 1. The Bertz CT molecular complexity index is 500. The molecule has 2 nitrogen and oxygen atoms in total. The van der Waals surface area contributed by atoms with E-state index >= 15 is 0 Å². The molecule has 1 atom stereocenters. The van der Waals surface area contributed by atoms with Crippen LogP contribution in [0.3, 0.4) is 0 Å². The van der Waals surface area contributed by atoms with E-state index in [0.717, 1.165) is 36.9 Å². The zero-order valence-corrected chi connectivity index (χ0v) is 9.03. The van der Waals surface area contributed by atoms with Gasteiger partial charge in [-0.15, -0.1) is 0 Å². The highest BCUT2D eigenvalue weighted by atomic mass is 19.1. The van der Waals surface area contributed by atoms with Gasteiger partial charge in [-0.2, -0.15) is 0 Å². The largest absolute Gasteiger partial charge is 0.376 e. The van der Waals surface area contributed by atoms with Gasteiger partial charge in [0.1, 0.15) is 5.82 Å². The van der Waals surface area contributed by atoms with Gasteiger partial charge in [0.15, 0.2) is 0 Å². The summed E-state index contributed by atoms with van der Waals surface area (Å²) in [6.07, 6.45) is 4.54. The Labute approximate surface area is 93.6 Å². The number of hydrogen-bond acceptors (Lipinski definition) is 1. The molecule has 1 aromatic heterocycles. The molecular formula is C13H14FNO. The third-order valence-corrected chi connectivity index (χ3v) is 3.16. The van der Waals surface area contributed by atoms with E-state index in [1.807, 2.05) is 18.3 Å². The Morgan fingerprint density at radius 3 is 3.12 bits per heavy atom. The molecule has 0 bridgehead atoms. The topological polar surface area (TPSA) is 14.2 Å². The van der Waals surface area contributed by atoms with Crippen molar-refractivity contribution in [1.82, 2.24) is 4.57 Å². The van der Waals surface area contributed by atoms with Crippen molar-refractivity contribution in [3.8, 4) is 0 Å². The van der Waals surface area contributed by atoms with Crippen molar-refractivity contribution in [3.63, 3.8) is 0 Å². The van der Waals surface area contributed by atoms with Crippen molar-refractivity contribution in [1.29, 1.82) is 0 Å². The predicted octanol–water partition coefficient (Wildman–Crippen LogP) is 2.96. The number of rotatable bonds is 2. The Kier molecular flexibility index (Phi) is 2.40. The Hall–Kier alpha value is -1.35. The van der Waals surface area contributed by atoms with Crippen LogP contribution in [0.4, 0.5) is 4.39 Å². The van der Waals surface area contributed by atoms with Gasteiger partial charge in [0.05, 0.1) is 11.6 Å². The molecule has 3 heteroatoms. The van der Waals surface area contributed by atoms with Crippen molar-refractivity contribution in [2.24, 2.45) is 0 Å². The van der Waals surface area contributed by atoms with Gasteiger partial charge in [-0.3, -0.25) is 0 Å². The summed E-state index contributed by atoms with van der Waals surface area (Å²) in [6.45, 7) is 1.69. The minimum Gasteiger partial charge on any atom is -0.376 e. The van der Waals surface area contributed by atoms with Crippen LogP contribution < -0.4 is 0 Å². The predicted molar refractivity (Wildman–Crippen MR) is 60.9 cm³/mol. The smallest absolute Gasteiger partial charge is 0.125 e. The van der Waals surface area contributed by atoms with Crippen molar-refractivity contribution < 1.29 is 9.13 Å². The van der Waals surface area contributed by atoms with Crippen LogP contribution >= 0.6 is 0 Å². The molecule has 84 valence electrons. The minimum atomic E-state index is -0.181. The summed E-state index contributed by atoms with van der Waals surface area (Å²) in [5.74, 6) is -0.181. The minimum absolute atomic E-state index is 0.181. The van der Waals surface area contributed by atoms with Gasteiger partial charge in [0.25, 0.3) is 0 Å². The molecular weight excluding hydrogens is 205 g/mol. The second kappa shape index (κ2) is 3.91. The van der Waals surface area contributed by atoms with E-state index in [1.54, 1.807) is 6.07 Å². The van der Waals surface area contributed by atoms with Crippen molar-refractivity contribution in [3.05, 3.63) is 36.3 Å². The van der Waals surface area contributed by atoms with E-state index in [2.05, 4.69) is 4.57 Å². The first kappa shape index (κ1) is 9.85. The molecule has 0 aliphatic carbocycles. The zero-order valence-electron chi connectivity index (χ0n) is 9.03. The molecule has 0 amide bonds. The van der Waals surface area contributed by atoms with Crippen molar-refractivity contribution in [2.75, 3.05) is 6.61 Å². The summed E-state index contributed by atoms with van der Waals surface area (Å²) >= 11 is 0. The Balaban J connectivity index is 1.93. The van der Waals surface area contributed by atoms with Crippen LogP contribution in [-0.2, 0) is 11.3 Å². The highest BCUT2D eigenvalue weighted by molar-refractivity contribution is 5.80. The molecule has 1 fully saturated rings. The molecule has 1 aromatic carbocycles. The lowest BCUT2D eigenvalue weighted by Crippen LogP contribution is -2.13. The van der Waals surface area contributed by atoms with Crippen LogP contribution in [0.25, 0.3) is 10.9 Å². The highest BCUT2D eigenvalue weighted by Crippen LogP contribution is 2.20. The van der Waals surface area contributed by atoms with Gasteiger partial charge >= 0.3 is 0 Å². The first-order chi connectivity index (χ1) is 7.83. The molecule has 0 N–H and O–H groups in total. The van der Waals surface area contributed by atoms with Crippen molar-refractivity contribution >= 4 is 10.9 Å². The van der Waals surface area contributed by atoms with E-state index in [0.29, 0.717) is 6.10 Å². The maximum absolute atomic E-state index is 13.2. The van der Waals surface area contributed by atoms with E-state index in [9.17, 15) is 4.39 Å². The van der Waals surface area contributed by atoms with E-state index < -0.39 is 0 Å². The standard InChI is InChI=1S/C13H14FNO/c14-11-4-3-10-5-6-15(13(10)8-11)9-12-2-1-7-16-12/h3-6,8,12H,1-2,7,9H2. The van der Waals surface area contributed by atoms with Crippen LogP contribution in [0.2, 0.25) is 0 Å². The summed E-state index contributed by atoms with van der Waals surface area (Å²) in [5.41, 5.74) is 0.954. The fraction of sp³-hybridized carbons (Fsp3) is 0.385. The first-order valence-electron chi connectivity index (χ1n) is 5.69. The highest BCUT2D eigenvalue weighted by Gasteiger charge is 2.16. The molecule has 3 rings (SSSR count). The summed E-state index contributed by atoms with van der Waals surface area (Å²) in [5, 5.41) is 1.08. The SMILES string of the molecule is Fc1ccc2ccn(CC3CCCO3)c2c1. The molecule has 2 heterocycles. The number of aromatic nitrogens is 1.